The van der Waals surface area contributed by atoms with Crippen LogP contribution in [0.3, 0.4) is 0 Å². The van der Waals surface area contributed by atoms with Crippen LogP contribution in [0.25, 0.3) is 0 Å². The highest BCUT2D eigenvalue weighted by molar-refractivity contribution is 5.76. The summed E-state index contributed by atoms with van der Waals surface area (Å²) in [6.45, 7) is 4.76. The molecule has 0 rings (SSSR count). The van der Waals surface area contributed by atoms with Gasteiger partial charge in [0, 0.05) is 12.8 Å². The summed E-state index contributed by atoms with van der Waals surface area (Å²) in [5.41, 5.74) is 0. The second-order valence-corrected chi connectivity index (χ2v) is 15.7. The van der Waals surface area contributed by atoms with E-state index in [4.69, 9.17) is 4.74 Å². The minimum Gasteiger partial charge on any atom is -0.466 e. The second-order valence-electron chi connectivity index (χ2n) is 15.7. The number of ether oxygens (including phenoxy) is 1. The molecule has 2 unspecified atom stereocenters. The van der Waals surface area contributed by atoms with Gasteiger partial charge in [0.05, 0.1) is 25.4 Å². The maximum atomic E-state index is 12.3. The third-order valence-electron chi connectivity index (χ3n) is 10.3. The number of unbranched alkanes of at least 4 members (excludes halogenated alkanes) is 25. The van der Waals surface area contributed by atoms with Crippen molar-refractivity contribution >= 4 is 11.9 Å². The number of carbonyl (C=O) groups excluding carboxylic acids is 2. The Kier molecular flexibility index (Phi) is 42.8. The Balaban J connectivity index is 3.50. The highest BCUT2D eigenvalue weighted by Gasteiger charge is 2.18. The smallest absolute Gasteiger partial charge is 0.305 e. The Bertz CT molecular complexity index is 942. The molecule has 0 aliphatic rings. The first-order chi connectivity index (χ1) is 27.0. The van der Waals surface area contributed by atoms with Crippen LogP contribution < -0.4 is 5.32 Å². The molecular formula is C49H89NO5. The fourth-order valence-corrected chi connectivity index (χ4v) is 6.66. The molecule has 0 saturated carbocycles. The number of amides is 1. The molecule has 0 aromatic heterocycles. The van der Waals surface area contributed by atoms with Crippen molar-refractivity contribution in [3.05, 3.63) is 48.6 Å². The van der Waals surface area contributed by atoms with Gasteiger partial charge in [-0.2, -0.15) is 0 Å². The predicted octanol–water partition coefficient (Wildman–Crippen LogP) is 13.5. The lowest BCUT2D eigenvalue weighted by molar-refractivity contribution is -0.143. The summed E-state index contributed by atoms with van der Waals surface area (Å²) in [5.74, 6) is -0.111. The molecule has 1 amide bonds. The van der Waals surface area contributed by atoms with Gasteiger partial charge in [-0.1, -0.05) is 178 Å². The molecule has 2 atom stereocenters. The van der Waals surface area contributed by atoms with Crippen LogP contribution in [-0.4, -0.2) is 47.4 Å². The molecule has 0 aromatic rings. The normalized spacial score (nSPS) is 13.2. The average molecular weight is 772 g/mol. The Morgan fingerprint density at radius 1 is 0.509 bits per heavy atom. The molecule has 0 spiro atoms. The summed E-state index contributed by atoms with van der Waals surface area (Å²) in [6, 6.07) is -0.639. The lowest BCUT2D eigenvalue weighted by Gasteiger charge is -2.20. The maximum Gasteiger partial charge on any atom is 0.305 e. The zero-order valence-electron chi connectivity index (χ0n) is 36.1. The molecule has 6 nitrogen and oxygen atoms in total. The topological polar surface area (TPSA) is 95.9 Å². The summed E-state index contributed by atoms with van der Waals surface area (Å²) in [7, 11) is 0. The second kappa shape index (κ2) is 44.5. The fourth-order valence-electron chi connectivity index (χ4n) is 6.66. The van der Waals surface area contributed by atoms with E-state index in [0.717, 1.165) is 83.5 Å². The minimum atomic E-state index is -0.853. The number of aliphatic hydroxyl groups excluding tert-OH is 2. The molecule has 0 aliphatic heterocycles. The van der Waals surface area contributed by atoms with Crippen LogP contribution in [-0.2, 0) is 14.3 Å². The Morgan fingerprint density at radius 2 is 0.945 bits per heavy atom. The minimum absolute atomic E-state index is 0.0209. The summed E-state index contributed by atoms with van der Waals surface area (Å²) >= 11 is 0. The van der Waals surface area contributed by atoms with Gasteiger partial charge in [0.15, 0.2) is 0 Å². The lowest BCUT2D eigenvalue weighted by Crippen LogP contribution is -2.45. The van der Waals surface area contributed by atoms with Crippen LogP contribution in [0.4, 0.5) is 0 Å². The van der Waals surface area contributed by atoms with E-state index in [2.05, 4.69) is 55.6 Å². The van der Waals surface area contributed by atoms with E-state index in [9.17, 15) is 19.8 Å². The molecule has 6 heteroatoms. The SMILES string of the molecule is CCC/C=C\C/C=C\CCCCCCCC(=O)OCCCCCCCCC/C=C\CCCCCCCC(=O)NC(CO)C(O)/C=C/CCCCCCCCC. The van der Waals surface area contributed by atoms with E-state index in [1.54, 1.807) is 6.08 Å². The zero-order valence-corrected chi connectivity index (χ0v) is 36.1. The first-order valence-corrected chi connectivity index (χ1v) is 23.4. The molecule has 0 aliphatic carbocycles. The molecule has 0 heterocycles. The summed E-state index contributed by atoms with van der Waals surface area (Å²) in [5, 5.41) is 22.8. The van der Waals surface area contributed by atoms with Gasteiger partial charge in [0.1, 0.15) is 0 Å². The summed E-state index contributed by atoms with van der Waals surface area (Å²) in [6.07, 6.45) is 53.9. The van der Waals surface area contributed by atoms with Crippen LogP contribution in [0.1, 0.15) is 226 Å². The first-order valence-electron chi connectivity index (χ1n) is 23.4. The number of carbonyl (C=O) groups is 2. The molecule has 320 valence electrons. The van der Waals surface area contributed by atoms with Crippen LogP contribution in [0.2, 0.25) is 0 Å². The summed E-state index contributed by atoms with van der Waals surface area (Å²) in [4.78, 5) is 24.3. The Labute approximate surface area is 340 Å². The van der Waals surface area contributed by atoms with Gasteiger partial charge < -0.3 is 20.3 Å². The van der Waals surface area contributed by atoms with Crippen molar-refractivity contribution < 1.29 is 24.5 Å². The van der Waals surface area contributed by atoms with Gasteiger partial charge in [0.2, 0.25) is 5.91 Å². The van der Waals surface area contributed by atoms with Gasteiger partial charge in [-0.25, -0.2) is 0 Å². The van der Waals surface area contributed by atoms with Gasteiger partial charge in [-0.05, 0) is 83.5 Å². The number of aliphatic hydroxyl groups is 2. The van der Waals surface area contributed by atoms with Gasteiger partial charge in [0.25, 0.3) is 0 Å². The molecule has 0 aromatic carbocycles. The quantitative estimate of drug-likeness (QED) is 0.0326. The van der Waals surface area contributed by atoms with E-state index in [0.29, 0.717) is 19.4 Å². The molecular weight excluding hydrogens is 683 g/mol. The van der Waals surface area contributed by atoms with E-state index in [1.807, 2.05) is 6.08 Å². The maximum absolute atomic E-state index is 12.3. The molecule has 0 radical (unpaired) electrons. The van der Waals surface area contributed by atoms with Gasteiger partial charge in [-0.15, -0.1) is 0 Å². The van der Waals surface area contributed by atoms with Gasteiger partial charge >= 0.3 is 5.97 Å². The van der Waals surface area contributed by atoms with Crippen molar-refractivity contribution in [2.24, 2.45) is 0 Å². The predicted molar refractivity (Wildman–Crippen MR) is 236 cm³/mol. The molecule has 0 bridgehead atoms. The van der Waals surface area contributed by atoms with Crippen molar-refractivity contribution in [1.29, 1.82) is 0 Å². The largest absolute Gasteiger partial charge is 0.466 e. The zero-order chi connectivity index (χ0) is 40.1. The lowest BCUT2D eigenvalue weighted by atomic mass is 10.1. The van der Waals surface area contributed by atoms with Crippen LogP contribution in [0.5, 0.6) is 0 Å². The van der Waals surface area contributed by atoms with E-state index >= 15 is 0 Å². The molecule has 0 saturated heterocycles. The van der Waals surface area contributed by atoms with Crippen LogP contribution in [0, 0.1) is 0 Å². The number of allylic oxidation sites excluding steroid dienone is 7. The van der Waals surface area contributed by atoms with Crippen molar-refractivity contribution in [3.63, 3.8) is 0 Å². The number of hydrogen-bond donors (Lipinski definition) is 3. The Hall–Kier alpha value is -2.18. The van der Waals surface area contributed by atoms with Crippen molar-refractivity contribution in [3.8, 4) is 0 Å². The standard InChI is InChI=1S/C49H89NO5/c1-3-5-7-9-11-13-14-19-23-27-31-35-39-43-49(54)55-44-40-36-32-28-24-21-18-16-15-17-20-22-26-30-34-38-42-48(53)50-46(45-51)47(52)41-37-33-29-25-12-10-8-6-4-2/h7,9,13-15,17,37,41,46-47,51-52H,3-6,8,10-12,16,18-36,38-40,42-45H2,1-2H3,(H,50,53)/b9-7-,14-13-,17-15-,41-37+. The van der Waals surface area contributed by atoms with Crippen LogP contribution in [0.15, 0.2) is 48.6 Å². The van der Waals surface area contributed by atoms with E-state index < -0.39 is 12.1 Å². The molecule has 0 fully saturated rings. The monoisotopic (exact) mass is 772 g/mol. The van der Waals surface area contributed by atoms with E-state index in [1.165, 1.54) is 116 Å². The van der Waals surface area contributed by atoms with Crippen molar-refractivity contribution in [2.45, 2.75) is 238 Å². The van der Waals surface area contributed by atoms with Crippen molar-refractivity contribution in [1.82, 2.24) is 5.32 Å². The number of rotatable bonds is 42. The third kappa shape index (κ3) is 41.3. The Morgan fingerprint density at radius 3 is 1.47 bits per heavy atom. The highest BCUT2D eigenvalue weighted by Crippen LogP contribution is 2.13. The average Bonchev–Trinajstić information content (AvgIpc) is 3.18. The molecule has 3 N–H and O–H groups in total. The van der Waals surface area contributed by atoms with E-state index in [-0.39, 0.29) is 18.5 Å². The number of nitrogens with one attached hydrogen (secondary N) is 1. The first kappa shape index (κ1) is 52.8. The third-order valence-corrected chi connectivity index (χ3v) is 10.3. The summed E-state index contributed by atoms with van der Waals surface area (Å²) < 4.78 is 5.44. The number of esters is 1. The molecule has 55 heavy (non-hydrogen) atoms. The highest BCUT2D eigenvalue weighted by atomic mass is 16.5. The van der Waals surface area contributed by atoms with Crippen LogP contribution >= 0.6 is 0 Å². The number of hydrogen-bond acceptors (Lipinski definition) is 5. The fraction of sp³-hybridized carbons (Fsp3) is 0.796. The van der Waals surface area contributed by atoms with Gasteiger partial charge in [-0.3, -0.25) is 9.59 Å². The van der Waals surface area contributed by atoms with Crippen molar-refractivity contribution in [2.75, 3.05) is 13.2 Å².